The highest BCUT2D eigenvalue weighted by atomic mass is 16.5. The number of nitrogens with one attached hydrogen (secondary N) is 1. The van der Waals surface area contributed by atoms with Crippen LogP contribution >= 0.6 is 0 Å². The summed E-state index contributed by atoms with van der Waals surface area (Å²) in [5.41, 5.74) is 6.41. The van der Waals surface area contributed by atoms with Crippen LogP contribution < -0.4 is 0 Å². The molecule has 4 aromatic rings. The zero-order valence-corrected chi connectivity index (χ0v) is 14.8. The van der Waals surface area contributed by atoms with Crippen LogP contribution in [0.3, 0.4) is 0 Å². The lowest BCUT2D eigenvalue weighted by Gasteiger charge is -2.07. The number of hydrogen-bond acceptors (Lipinski definition) is 1. The van der Waals surface area contributed by atoms with Crippen molar-refractivity contribution in [1.82, 2.24) is 4.98 Å². The molecule has 0 saturated heterocycles. The Hall–Kier alpha value is -2.84. The predicted molar refractivity (Wildman–Crippen MR) is 107 cm³/mol. The van der Waals surface area contributed by atoms with Gasteiger partial charge >= 0.3 is 0 Å². The SMILES string of the molecule is c1ccc(COCCc2c(Cc3ccccc3)[nH]c3ccccc23)cc1. The van der Waals surface area contributed by atoms with Gasteiger partial charge in [-0.3, -0.25) is 0 Å². The molecule has 0 aliphatic heterocycles. The summed E-state index contributed by atoms with van der Waals surface area (Å²) >= 11 is 0. The highest BCUT2D eigenvalue weighted by molar-refractivity contribution is 5.84. The first-order chi connectivity index (χ1) is 12.9. The molecule has 0 radical (unpaired) electrons. The Morgan fingerprint density at radius 3 is 2.12 bits per heavy atom. The molecule has 0 unspecified atom stereocenters. The predicted octanol–water partition coefficient (Wildman–Crippen LogP) is 5.52. The van der Waals surface area contributed by atoms with E-state index in [9.17, 15) is 0 Å². The van der Waals surface area contributed by atoms with E-state index in [1.807, 2.05) is 6.07 Å². The van der Waals surface area contributed by atoms with Crippen LogP contribution in [-0.4, -0.2) is 11.6 Å². The first-order valence-corrected chi connectivity index (χ1v) is 9.14. The van der Waals surface area contributed by atoms with Gasteiger partial charge in [-0.25, -0.2) is 0 Å². The van der Waals surface area contributed by atoms with Crippen molar-refractivity contribution < 1.29 is 4.74 Å². The molecular formula is C24H23NO. The van der Waals surface area contributed by atoms with Crippen molar-refractivity contribution >= 4 is 10.9 Å². The van der Waals surface area contributed by atoms with E-state index in [1.54, 1.807) is 0 Å². The van der Waals surface area contributed by atoms with Gasteiger partial charge < -0.3 is 9.72 Å². The number of ether oxygens (including phenoxy) is 1. The summed E-state index contributed by atoms with van der Waals surface area (Å²) in [5, 5.41) is 1.31. The minimum absolute atomic E-state index is 0.664. The number of aromatic nitrogens is 1. The van der Waals surface area contributed by atoms with Gasteiger partial charge in [0.15, 0.2) is 0 Å². The van der Waals surface area contributed by atoms with Crippen LogP contribution in [-0.2, 0) is 24.2 Å². The first-order valence-electron chi connectivity index (χ1n) is 9.14. The lowest BCUT2D eigenvalue weighted by atomic mass is 10.0. The molecule has 4 rings (SSSR count). The average molecular weight is 341 g/mol. The number of rotatable bonds is 7. The Bertz CT molecular complexity index is 957. The van der Waals surface area contributed by atoms with Crippen LogP contribution in [0.15, 0.2) is 84.9 Å². The lowest BCUT2D eigenvalue weighted by molar-refractivity contribution is 0.124. The van der Waals surface area contributed by atoms with Gasteiger partial charge in [0.2, 0.25) is 0 Å². The zero-order chi connectivity index (χ0) is 17.6. The van der Waals surface area contributed by atoms with Crippen LogP contribution in [0.1, 0.15) is 22.4 Å². The first kappa shape index (κ1) is 16.6. The molecule has 0 fully saturated rings. The van der Waals surface area contributed by atoms with Crippen LogP contribution in [0.5, 0.6) is 0 Å². The van der Waals surface area contributed by atoms with Gasteiger partial charge in [0.25, 0.3) is 0 Å². The van der Waals surface area contributed by atoms with E-state index in [0.29, 0.717) is 6.61 Å². The average Bonchev–Trinajstić information content (AvgIpc) is 3.04. The molecule has 0 bridgehead atoms. The van der Waals surface area contributed by atoms with Crippen LogP contribution in [0.2, 0.25) is 0 Å². The van der Waals surface area contributed by atoms with Crippen molar-refractivity contribution in [3.63, 3.8) is 0 Å². The summed E-state index contributed by atoms with van der Waals surface area (Å²) in [7, 11) is 0. The van der Waals surface area contributed by atoms with Crippen LogP contribution in [0, 0.1) is 0 Å². The van der Waals surface area contributed by atoms with Gasteiger partial charge in [-0.15, -0.1) is 0 Å². The maximum Gasteiger partial charge on any atom is 0.0717 e. The molecule has 1 heterocycles. The Labute approximate surface area is 154 Å². The number of aromatic amines is 1. The number of fused-ring (bicyclic) bond motifs is 1. The van der Waals surface area contributed by atoms with Crippen molar-refractivity contribution in [2.24, 2.45) is 0 Å². The molecular weight excluding hydrogens is 318 g/mol. The van der Waals surface area contributed by atoms with E-state index in [4.69, 9.17) is 4.74 Å². The smallest absolute Gasteiger partial charge is 0.0717 e. The van der Waals surface area contributed by atoms with E-state index in [-0.39, 0.29) is 0 Å². The van der Waals surface area contributed by atoms with Gasteiger partial charge in [0.05, 0.1) is 13.2 Å². The third-order valence-electron chi connectivity index (χ3n) is 4.73. The van der Waals surface area contributed by atoms with Crippen molar-refractivity contribution in [2.45, 2.75) is 19.4 Å². The third-order valence-corrected chi connectivity index (χ3v) is 4.73. The molecule has 130 valence electrons. The molecule has 0 aliphatic rings. The standard InChI is InChI=1S/C24H23NO/c1-3-9-19(10-4-1)17-24-22(21-13-7-8-14-23(21)25-24)15-16-26-18-20-11-5-2-6-12-20/h1-14,25H,15-18H2. The number of benzene rings is 3. The molecule has 3 aromatic carbocycles. The van der Waals surface area contributed by atoms with Crippen molar-refractivity contribution in [1.29, 1.82) is 0 Å². The fraction of sp³-hybridized carbons (Fsp3) is 0.167. The van der Waals surface area contributed by atoms with E-state index >= 15 is 0 Å². The lowest BCUT2D eigenvalue weighted by Crippen LogP contribution is -2.02. The van der Waals surface area contributed by atoms with Gasteiger partial charge in [-0.1, -0.05) is 78.9 Å². The quantitative estimate of drug-likeness (QED) is 0.440. The van der Waals surface area contributed by atoms with Gasteiger partial charge in [-0.2, -0.15) is 0 Å². The fourth-order valence-electron chi connectivity index (χ4n) is 3.43. The van der Waals surface area contributed by atoms with Crippen molar-refractivity contribution in [2.75, 3.05) is 6.61 Å². The topological polar surface area (TPSA) is 25.0 Å². The summed E-state index contributed by atoms with van der Waals surface area (Å²) < 4.78 is 5.93. The Kier molecular flexibility index (Phi) is 5.13. The molecule has 0 amide bonds. The van der Waals surface area contributed by atoms with Gasteiger partial charge in [-0.05, 0) is 29.2 Å². The Morgan fingerprint density at radius 1 is 0.692 bits per heavy atom. The van der Waals surface area contributed by atoms with Crippen LogP contribution in [0.25, 0.3) is 10.9 Å². The largest absolute Gasteiger partial charge is 0.376 e. The molecule has 0 aliphatic carbocycles. The van der Waals surface area contributed by atoms with E-state index in [1.165, 1.54) is 33.3 Å². The maximum absolute atomic E-state index is 5.93. The summed E-state index contributed by atoms with van der Waals surface area (Å²) in [6.07, 6.45) is 1.84. The number of H-pyrrole nitrogens is 1. The van der Waals surface area contributed by atoms with E-state index in [0.717, 1.165) is 19.4 Å². The molecule has 2 nitrogen and oxygen atoms in total. The van der Waals surface area contributed by atoms with Gasteiger partial charge in [0.1, 0.15) is 0 Å². The molecule has 0 spiro atoms. The minimum atomic E-state index is 0.664. The second-order valence-electron chi connectivity index (χ2n) is 6.58. The normalized spacial score (nSPS) is 11.1. The Morgan fingerprint density at radius 2 is 1.35 bits per heavy atom. The zero-order valence-electron chi connectivity index (χ0n) is 14.8. The highest BCUT2D eigenvalue weighted by Gasteiger charge is 2.11. The monoisotopic (exact) mass is 341 g/mol. The number of hydrogen-bond donors (Lipinski definition) is 1. The third kappa shape index (κ3) is 3.87. The molecule has 0 atom stereocenters. The summed E-state index contributed by atoms with van der Waals surface area (Å²) in [5.74, 6) is 0. The fourth-order valence-corrected chi connectivity index (χ4v) is 3.43. The second kappa shape index (κ2) is 8.03. The highest BCUT2D eigenvalue weighted by Crippen LogP contribution is 2.25. The minimum Gasteiger partial charge on any atom is -0.376 e. The molecule has 0 saturated carbocycles. The van der Waals surface area contributed by atoms with Crippen molar-refractivity contribution in [3.05, 3.63) is 107 Å². The second-order valence-corrected chi connectivity index (χ2v) is 6.58. The van der Waals surface area contributed by atoms with Crippen LogP contribution in [0.4, 0.5) is 0 Å². The number of para-hydroxylation sites is 1. The van der Waals surface area contributed by atoms with E-state index < -0.39 is 0 Å². The summed E-state index contributed by atoms with van der Waals surface area (Å²) in [6.45, 7) is 1.38. The molecule has 2 heteroatoms. The Balaban J connectivity index is 1.50. The van der Waals surface area contributed by atoms with Crippen molar-refractivity contribution in [3.8, 4) is 0 Å². The summed E-state index contributed by atoms with van der Waals surface area (Å²) in [6, 6.07) is 29.5. The van der Waals surface area contributed by atoms with E-state index in [2.05, 4.69) is 83.8 Å². The maximum atomic E-state index is 5.93. The molecule has 1 aromatic heterocycles. The molecule has 1 N–H and O–H groups in total. The van der Waals surface area contributed by atoms with Gasteiger partial charge in [0, 0.05) is 23.0 Å². The summed E-state index contributed by atoms with van der Waals surface area (Å²) in [4.78, 5) is 3.62. The molecule has 26 heavy (non-hydrogen) atoms.